The average Bonchev–Trinajstić information content (AvgIpc) is 2.63. The summed E-state index contributed by atoms with van der Waals surface area (Å²) in [6.45, 7) is 5.70. The van der Waals surface area contributed by atoms with E-state index in [0.717, 1.165) is 32.8 Å². The molecule has 0 spiro atoms. The summed E-state index contributed by atoms with van der Waals surface area (Å²) in [5, 5.41) is 2.98. The monoisotopic (exact) mass is 418 g/mol. The first-order chi connectivity index (χ1) is 12.4. The number of hydrogen-bond acceptors (Lipinski definition) is 4. The van der Waals surface area contributed by atoms with E-state index in [1.165, 1.54) is 0 Å². The number of hydrogen-bond donors (Lipinski definition) is 1. The molecular weight excluding hydrogens is 396 g/mol. The van der Waals surface area contributed by atoms with Crippen molar-refractivity contribution in [3.05, 3.63) is 52.0 Å². The molecule has 1 amide bonds. The number of carbonyl (C=O) groups is 1. The summed E-state index contributed by atoms with van der Waals surface area (Å²) in [6.07, 6.45) is 0. The lowest BCUT2D eigenvalue weighted by molar-refractivity contribution is -0.120. The van der Waals surface area contributed by atoms with Crippen LogP contribution < -0.4 is 14.8 Å². The Morgan fingerprint density at radius 3 is 2.65 bits per heavy atom. The summed E-state index contributed by atoms with van der Waals surface area (Å²) in [5.41, 5.74) is 2.99. The molecule has 0 saturated heterocycles. The smallest absolute Gasteiger partial charge is 0.241 e. The van der Waals surface area contributed by atoms with Crippen molar-refractivity contribution >= 4 is 27.5 Å². The highest BCUT2D eigenvalue weighted by molar-refractivity contribution is 9.10. The van der Waals surface area contributed by atoms with Crippen molar-refractivity contribution < 1.29 is 14.3 Å². The molecule has 6 heteroatoms. The van der Waals surface area contributed by atoms with E-state index in [-0.39, 0.29) is 11.9 Å². The number of fused-ring (bicyclic) bond motifs is 1. The molecule has 0 aliphatic carbocycles. The van der Waals surface area contributed by atoms with Gasteiger partial charge in [-0.15, -0.1) is 0 Å². The van der Waals surface area contributed by atoms with E-state index >= 15 is 0 Å². The third-order valence-electron chi connectivity index (χ3n) is 4.46. The van der Waals surface area contributed by atoms with Crippen molar-refractivity contribution in [1.82, 2.24) is 4.90 Å². The summed E-state index contributed by atoms with van der Waals surface area (Å²) >= 11 is 3.50. The fourth-order valence-corrected chi connectivity index (χ4v) is 3.36. The van der Waals surface area contributed by atoms with E-state index in [9.17, 15) is 4.79 Å². The minimum Gasteiger partial charge on any atom is -0.486 e. The summed E-state index contributed by atoms with van der Waals surface area (Å²) in [7, 11) is 1.94. The number of ether oxygens (including phenoxy) is 2. The van der Waals surface area contributed by atoms with Crippen molar-refractivity contribution in [3.63, 3.8) is 0 Å². The van der Waals surface area contributed by atoms with Crippen LogP contribution in [-0.2, 0) is 11.3 Å². The van der Waals surface area contributed by atoms with E-state index in [0.29, 0.717) is 19.8 Å². The number of likely N-dealkylation sites (N-methyl/N-ethyl adjacent to an activating group) is 1. The van der Waals surface area contributed by atoms with Crippen LogP contribution in [0.25, 0.3) is 0 Å². The maximum absolute atomic E-state index is 12.6. The maximum atomic E-state index is 12.6. The molecule has 138 valence electrons. The standard InChI is InChI=1S/C20H23BrN2O3/c1-13-4-6-17(16(21)10-13)22-20(24)14(2)23(3)12-15-5-7-18-19(11-15)26-9-8-25-18/h4-7,10-11,14H,8-9,12H2,1-3H3,(H,22,24)/t14-/m0/s1. The zero-order chi connectivity index (χ0) is 18.7. The molecule has 1 aliphatic rings. The van der Waals surface area contributed by atoms with Crippen LogP contribution in [-0.4, -0.2) is 37.1 Å². The van der Waals surface area contributed by atoms with Crippen LogP contribution in [0.15, 0.2) is 40.9 Å². The average molecular weight is 419 g/mol. The number of rotatable bonds is 5. The van der Waals surface area contributed by atoms with E-state index in [1.54, 1.807) is 0 Å². The van der Waals surface area contributed by atoms with Crippen molar-refractivity contribution in [2.24, 2.45) is 0 Å². The largest absolute Gasteiger partial charge is 0.486 e. The predicted octanol–water partition coefficient (Wildman–Crippen LogP) is 3.99. The minimum atomic E-state index is -0.281. The Bertz CT molecular complexity index is 810. The number of halogens is 1. The molecule has 1 N–H and O–H groups in total. The van der Waals surface area contributed by atoms with Gasteiger partial charge in [-0.25, -0.2) is 0 Å². The number of nitrogens with zero attached hydrogens (tertiary/aromatic N) is 1. The summed E-state index contributed by atoms with van der Waals surface area (Å²) < 4.78 is 12.1. The highest BCUT2D eigenvalue weighted by atomic mass is 79.9. The molecule has 26 heavy (non-hydrogen) atoms. The molecule has 1 heterocycles. The minimum absolute atomic E-state index is 0.0467. The molecule has 2 aromatic rings. The molecule has 0 fully saturated rings. The van der Waals surface area contributed by atoms with Gasteiger partial charge in [-0.2, -0.15) is 0 Å². The second-order valence-corrected chi connectivity index (χ2v) is 7.40. The van der Waals surface area contributed by atoms with Crippen molar-refractivity contribution in [1.29, 1.82) is 0 Å². The molecule has 0 radical (unpaired) electrons. The molecule has 5 nitrogen and oxygen atoms in total. The molecule has 2 aromatic carbocycles. The molecule has 1 aliphatic heterocycles. The van der Waals surface area contributed by atoms with Gasteiger partial charge in [0.15, 0.2) is 11.5 Å². The second kappa shape index (κ2) is 8.10. The molecular formula is C20H23BrN2O3. The number of amides is 1. The normalized spacial score (nSPS) is 14.2. The van der Waals surface area contributed by atoms with Crippen LogP contribution in [0.3, 0.4) is 0 Å². The Kier molecular flexibility index (Phi) is 5.84. The lowest BCUT2D eigenvalue weighted by atomic mass is 10.1. The Morgan fingerprint density at radius 1 is 1.19 bits per heavy atom. The molecule has 0 bridgehead atoms. The third kappa shape index (κ3) is 4.37. The first-order valence-electron chi connectivity index (χ1n) is 8.60. The first-order valence-corrected chi connectivity index (χ1v) is 9.39. The second-order valence-electron chi connectivity index (χ2n) is 6.54. The van der Waals surface area contributed by atoms with Crippen LogP contribution in [0.1, 0.15) is 18.1 Å². The predicted molar refractivity (Wildman–Crippen MR) is 106 cm³/mol. The zero-order valence-electron chi connectivity index (χ0n) is 15.2. The molecule has 0 saturated carbocycles. The molecule has 1 atom stereocenters. The summed E-state index contributed by atoms with van der Waals surface area (Å²) in [6, 6.07) is 11.5. The van der Waals surface area contributed by atoms with Crippen LogP contribution in [0.5, 0.6) is 11.5 Å². The fourth-order valence-electron chi connectivity index (χ4n) is 2.77. The van der Waals surface area contributed by atoms with Gasteiger partial charge in [-0.1, -0.05) is 12.1 Å². The van der Waals surface area contributed by atoms with Gasteiger partial charge in [0.2, 0.25) is 5.91 Å². The van der Waals surface area contributed by atoms with Gasteiger partial charge in [-0.05, 0) is 72.2 Å². The molecule has 0 unspecified atom stereocenters. The lowest BCUT2D eigenvalue weighted by Gasteiger charge is -2.25. The van der Waals surface area contributed by atoms with Gasteiger partial charge in [0, 0.05) is 11.0 Å². The van der Waals surface area contributed by atoms with Crippen LogP contribution in [0.4, 0.5) is 5.69 Å². The topological polar surface area (TPSA) is 50.8 Å². The number of carbonyl (C=O) groups excluding carboxylic acids is 1. The quantitative estimate of drug-likeness (QED) is 0.797. The van der Waals surface area contributed by atoms with Crippen molar-refractivity contribution in [3.8, 4) is 11.5 Å². The van der Waals surface area contributed by atoms with E-state index in [1.807, 2.05) is 62.2 Å². The fraction of sp³-hybridized carbons (Fsp3) is 0.350. The van der Waals surface area contributed by atoms with Gasteiger partial charge in [0.1, 0.15) is 13.2 Å². The highest BCUT2D eigenvalue weighted by Crippen LogP contribution is 2.31. The first kappa shape index (κ1) is 18.7. The Labute approximate surface area is 162 Å². The van der Waals surface area contributed by atoms with E-state index < -0.39 is 0 Å². The van der Waals surface area contributed by atoms with Gasteiger partial charge < -0.3 is 14.8 Å². The summed E-state index contributed by atoms with van der Waals surface area (Å²) in [4.78, 5) is 14.6. The number of aryl methyl sites for hydroxylation is 1. The van der Waals surface area contributed by atoms with Crippen LogP contribution in [0.2, 0.25) is 0 Å². The summed E-state index contributed by atoms with van der Waals surface area (Å²) in [5.74, 6) is 1.50. The van der Waals surface area contributed by atoms with E-state index in [2.05, 4.69) is 21.2 Å². The van der Waals surface area contributed by atoms with Gasteiger partial charge >= 0.3 is 0 Å². The maximum Gasteiger partial charge on any atom is 0.241 e. The van der Waals surface area contributed by atoms with E-state index in [4.69, 9.17) is 9.47 Å². The van der Waals surface area contributed by atoms with Gasteiger partial charge in [-0.3, -0.25) is 9.69 Å². The number of benzene rings is 2. The van der Waals surface area contributed by atoms with Gasteiger partial charge in [0.05, 0.1) is 11.7 Å². The SMILES string of the molecule is Cc1ccc(NC(=O)[C@H](C)N(C)Cc2ccc3c(c2)OCCO3)c(Br)c1. The zero-order valence-corrected chi connectivity index (χ0v) is 16.8. The van der Waals surface area contributed by atoms with Crippen LogP contribution in [0, 0.1) is 6.92 Å². The highest BCUT2D eigenvalue weighted by Gasteiger charge is 2.20. The third-order valence-corrected chi connectivity index (χ3v) is 5.12. The number of nitrogens with one attached hydrogen (secondary N) is 1. The van der Waals surface area contributed by atoms with Crippen LogP contribution >= 0.6 is 15.9 Å². The van der Waals surface area contributed by atoms with Crippen molar-refractivity contribution in [2.45, 2.75) is 26.4 Å². The Morgan fingerprint density at radius 2 is 1.92 bits per heavy atom. The lowest BCUT2D eigenvalue weighted by Crippen LogP contribution is -2.39. The Hall–Kier alpha value is -2.05. The Balaban J connectivity index is 1.63. The molecule has 3 rings (SSSR count). The molecule has 0 aromatic heterocycles. The number of anilines is 1. The van der Waals surface area contributed by atoms with Crippen molar-refractivity contribution in [2.75, 3.05) is 25.6 Å². The van der Waals surface area contributed by atoms with Gasteiger partial charge in [0.25, 0.3) is 0 Å².